The van der Waals surface area contributed by atoms with Crippen molar-refractivity contribution in [1.29, 1.82) is 0 Å². The Bertz CT molecular complexity index is 954. The molecule has 148 valence electrons. The van der Waals surface area contributed by atoms with Crippen LogP contribution in [0, 0.1) is 0 Å². The van der Waals surface area contributed by atoms with Crippen molar-refractivity contribution in [1.82, 2.24) is 5.32 Å². The lowest BCUT2D eigenvalue weighted by molar-refractivity contribution is 0.0938. The summed E-state index contributed by atoms with van der Waals surface area (Å²) in [7, 11) is 0. The summed E-state index contributed by atoms with van der Waals surface area (Å²) in [6.45, 7) is 2.47. The number of nitrogens with one attached hydrogen (secondary N) is 2. The van der Waals surface area contributed by atoms with Crippen LogP contribution in [0.4, 0.5) is 5.69 Å². The first kappa shape index (κ1) is 20.6. The Kier molecular flexibility index (Phi) is 7.04. The molecule has 3 aromatic rings. The van der Waals surface area contributed by atoms with E-state index in [0.717, 1.165) is 11.3 Å². The zero-order valence-corrected chi connectivity index (χ0v) is 16.9. The highest BCUT2D eigenvalue weighted by Gasteiger charge is 2.11. The van der Waals surface area contributed by atoms with Gasteiger partial charge in [-0.25, -0.2) is 0 Å². The molecule has 0 aliphatic rings. The molecule has 0 aliphatic carbocycles. The van der Waals surface area contributed by atoms with Crippen LogP contribution in [0.2, 0.25) is 5.02 Å². The number of anilines is 1. The van der Waals surface area contributed by atoms with Crippen LogP contribution in [-0.2, 0) is 0 Å². The molecule has 1 atom stereocenters. The van der Waals surface area contributed by atoms with Gasteiger partial charge in [-0.1, -0.05) is 41.9 Å². The fourth-order valence-electron chi connectivity index (χ4n) is 2.94. The Labute approximate surface area is 175 Å². The molecule has 3 aromatic carbocycles. The highest BCUT2D eigenvalue weighted by molar-refractivity contribution is 6.30. The van der Waals surface area contributed by atoms with Crippen LogP contribution in [0.25, 0.3) is 0 Å². The first-order valence-corrected chi connectivity index (χ1v) is 9.89. The highest BCUT2D eigenvalue weighted by atomic mass is 35.5. The quantitative estimate of drug-likeness (QED) is 0.484. The number of amides is 1. The van der Waals surface area contributed by atoms with E-state index in [9.17, 15) is 9.59 Å². The number of hydrogen-bond donors (Lipinski definition) is 2. The molecule has 4 nitrogen and oxygen atoms in total. The van der Waals surface area contributed by atoms with E-state index in [1.165, 1.54) is 0 Å². The van der Waals surface area contributed by atoms with Gasteiger partial charge >= 0.3 is 0 Å². The van der Waals surface area contributed by atoms with Gasteiger partial charge in [0.1, 0.15) is 0 Å². The summed E-state index contributed by atoms with van der Waals surface area (Å²) in [6.07, 6.45) is 0.373. The van der Waals surface area contributed by atoms with Crippen LogP contribution in [0.1, 0.15) is 45.7 Å². The molecule has 0 radical (unpaired) electrons. The summed E-state index contributed by atoms with van der Waals surface area (Å²) in [5.74, 6) is -0.0640. The van der Waals surface area contributed by atoms with Gasteiger partial charge in [-0.15, -0.1) is 0 Å². The van der Waals surface area contributed by atoms with Crippen molar-refractivity contribution in [2.45, 2.75) is 19.4 Å². The molecule has 0 spiro atoms. The van der Waals surface area contributed by atoms with E-state index >= 15 is 0 Å². The summed E-state index contributed by atoms with van der Waals surface area (Å²) >= 11 is 5.84. The summed E-state index contributed by atoms with van der Waals surface area (Å²) in [4.78, 5) is 24.6. The minimum absolute atomic E-state index is 0.0556. The van der Waals surface area contributed by atoms with Crippen LogP contribution < -0.4 is 10.6 Å². The molecule has 0 aromatic heterocycles. The third-order valence-corrected chi connectivity index (χ3v) is 4.89. The molecule has 3 rings (SSSR count). The molecular formula is C24H23ClN2O2. The number of carbonyl (C=O) groups is 2. The maximum atomic E-state index is 12.4. The van der Waals surface area contributed by atoms with E-state index in [-0.39, 0.29) is 17.7 Å². The zero-order chi connectivity index (χ0) is 20.6. The summed E-state index contributed by atoms with van der Waals surface area (Å²) in [6, 6.07) is 23.9. The second kappa shape index (κ2) is 9.89. The predicted octanol–water partition coefficient (Wildman–Crippen LogP) is 5.52. The summed E-state index contributed by atoms with van der Waals surface area (Å²) in [5, 5.41) is 6.82. The number of benzene rings is 3. The van der Waals surface area contributed by atoms with Gasteiger partial charge in [0.2, 0.25) is 0 Å². The minimum Gasteiger partial charge on any atom is -0.385 e. The van der Waals surface area contributed by atoms with E-state index in [2.05, 4.69) is 10.6 Å². The molecule has 2 N–H and O–H groups in total. The third kappa shape index (κ3) is 5.93. The van der Waals surface area contributed by atoms with Gasteiger partial charge < -0.3 is 10.6 Å². The van der Waals surface area contributed by atoms with E-state index < -0.39 is 0 Å². The Morgan fingerprint density at radius 3 is 2.14 bits per heavy atom. The molecule has 1 amide bonds. The largest absolute Gasteiger partial charge is 0.385 e. The molecule has 0 fully saturated rings. The van der Waals surface area contributed by atoms with Crippen LogP contribution in [0.15, 0.2) is 78.9 Å². The molecule has 0 aliphatic heterocycles. The molecule has 0 saturated carbocycles. The number of Topliss-reactive ketones (excluding diaryl/α,β-unsaturated/α-hetero) is 1. The van der Waals surface area contributed by atoms with Gasteiger partial charge in [0, 0.05) is 34.8 Å². The second-order valence-electron chi connectivity index (χ2n) is 6.79. The Balaban J connectivity index is 1.48. The van der Waals surface area contributed by atoms with Gasteiger partial charge in [0.25, 0.3) is 5.91 Å². The molecular weight excluding hydrogens is 384 g/mol. The van der Waals surface area contributed by atoms with Crippen molar-refractivity contribution in [3.63, 3.8) is 0 Å². The van der Waals surface area contributed by atoms with Crippen LogP contribution in [0.5, 0.6) is 0 Å². The average Bonchev–Trinajstić information content (AvgIpc) is 2.75. The van der Waals surface area contributed by atoms with Gasteiger partial charge in [0.15, 0.2) is 5.78 Å². The van der Waals surface area contributed by atoms with E-state index in [0.29, 0.717) is 29.1 Å². The van der Waals surface area contributed by atoms with Crippen LogP contribution >= 0.6 is 11.6 Å². The van der Waals surface area contributed by atoms with Gasteiger partial charge in [-0.2, -0.15) is 0 Å². The van der Waals surface area contributed by atoms with Crippen molar-refractivity contribution in [3.05, 3.63) is 101 Å². The van der Waals surface area contributed by atoms with E-state index in [1.54, 1.807) is 36.4 Å². The number of hydrogen-bond acceptors (Lipinski definition) is 3. The molecule has 29 heavy (non-hydrogen) atoms. The summed E-state index contributed by atoms with van der Waals surface area (Å²) < 4.78 is 0. The Hall–Kier alpha value is -3.11. The smallest absolute Gasteiger partial charge is 0.251 e. The Morgan fingerprint density at radius 2 is 1.48 bits per heavy atom. The third-order valence-electron chi connectivity index (χ3n) is 4.64. The standard InChI is InChI=1S/C24H23ClN2O2/c1-17(18-5-3-2-4-6-18)27-24(29)20-9-13-22(14-10-20)26-16-15-23(28)19-7-11-21(25)12-8-19/h2-14,17,26H,15-16H2,1H3,(H,27,29). The van der Waals surface area contributed by atoms with Crippen molar-refractivity contribution in [2.24, 2.45) is 0 Å². The fraction of sp³-hybridized carbons (Fsp3) is 0.167. The first-order valence-electron chi connectivity index (χ1n) is 9.51. The monoisotopic (exact) mass is 406 g/mol. The molecule has 5 heteroatoms. The van der Waals surface area contributed by atoms with Crippen LogP contribution in [0.3, 0.4) is 0 Å². The first-order chi connectivity index (χ1) is 14.0. The van der Waals surface area contributed by atoms with Gasteiger partial charge in [-0.3, -0.25) is 9.59 Å². The molecule has 0 bridgehead atoms. The lowest BCUT2D eigenvalue weighted by atomic mass is 10.1. The molecule has 0 heterocycles. The fourth-order valence-corrected chi connectivity index (χ4v) is 3.07. The van der Waals surface area contributed by atoms with Crippen LogP contribution in [-0.4, -0.2) is 18.2 Å². The normalized spacial score (nSPS) is 11.5. The topological polar surface area (TPSA) is 58.2 Å². The van der Waals surface area contributed by atoms with Crippen molar-refractivity contribution in [3.8, 4) is 0 Å². The SMILES string of the molecule is CC(NC(=O)c1ccc(NCCC(=O)c2ccc(Cl)cc2)cc1)c1ccccc1. The molecule has 0 saturated heterocycles. The number of halogens is 1. The number of ketones is 1. The lowest BCUT2D eigenvalue weighted by Gasteiger charge is -2.14. The zero-order valence-electron chi connectivity index (χ0n) is 16.2. The minimum atomic E-state index is -0.120. The van der Waals surface area contributed by atoms with E-state index in [4.69, 9.17) is 11.6 Å². The van der Waals surface area contributed by atoms with Crippen molar-refractivity contribution >= 4 is 29.0 Å². The second-order valence-corrected chi connectivity index (χ2v) is 7.23. The summed E-state index contributed by atoms with van der Waals surface area (Å²) in [5.41, 5.74) is 3.16. The predicted molar refractivity (Wildman–Crippen MR) is 118 cm³/mol. The maximum Gasteiger partial charge on any atom is 0.251 e. The van der Waals surface area contributed by atoms with Crippen molar-refractivity contribution in [2.75, 3.05) is 11.9 Å². The lowest BCUT2D eigenvalue weighted by Crippen LogP contribution is -2.26. The van der Waals surface area contributed by atoms with E-state index in [1.807, 2.05) is 49.4 Å². The van der Waals surface area contributed by atoms with Gasteiger partial charge in [-0.05, 0) is 61.0 Å². The molecule has 1 unspecified atom stereocenters. The van der Waals surface area contributed by atoms with Crippen molar-refractivity contribution < 1.29 is 9.59 Å². The Morgan fingerprint density at radius 1 is 0.862 bits per heavy atom. The number of rotatable bonds is 8. The maximum absolute atomic E-state index is 12.4. The highest BCUT2D eigenvalue weighted by Crippen LogP contribution is 2.15. The van der Waals surface area contributed by atoms with Gasteiger partial charge in [0.05, 0.1) is 6.04 Å². The average molecular weight is 407 g/mol. The number of carbonyl (C=O) groups excluding carboxylic acids is 2.